The topological polar surface area (TPSA) is 25.2 Å². The maximum Gasteiger partial charge on any atom is 0.134 e. The molecular weight excluding hydrogens is 222 g/mol. The van der Waals surface area contributed by atoms with E-state index in [1.165, 1.54) is 16.5 Å². The second kappa shape index (κ2) is 5.87. The van der Waals surface area contributed by atoms with E-state index in [9.17, 15) is 0 Å². The summed E-state index contributed by atoms with van der Waals surface area (Å²) in [5.74, 6) is 0.595. The first kappa shape index (κ1) is 12.9. The average molecular weight is 243 g/mol. The molecule has 1 aromatic heterocycles. The predicted molar refractivity (Wildman–Crippen MR) is 77.6 cm³/mol. The van der Waals surface area contributed by atoms with Gasteiger partial charge in [0, 0.05) is 24.0 Å². The van der Waals surface area contributed by atoms with Gasteiger partial charge in [-0.15, -0.1) is 0 Å². The normalized spacial score (nSPS) is 19.1. The molecule has 1 aliphatic heterocycles. The van der Waals surface area contributed by atoms with Crippen LogP contribution in [0.1, 0.15) is 26.3 Å². The van der Waals surface area contributed by atoms with Crippen LogP contribution in [-0.2, 0) is 0 Å². The van der Waals surface area contributed by atoms with Gasteiger partial charge >= 0.3 is 0 Å². The lowest BCUT2D eigenvalue weighted by Crippen LogP contribution is -2.26. The molecule has 1 atom stereocenters. The SMILES string of the molecule is CC.CC1C=C(c2coc3ccccc23)CNC1. The summed E-state index contributed by atoms with van der Waals surface area (Å²) in [5, 5.41) is 4.64. The van der Waals surface area contributed by atoms with Gasteiger partial charge in [0.25, 0.3) is 0 Å². The third-order valence-corrected chi connectivity index (χ3v) is 3.09. The van der Waals surface area contributed by atoms with Crippen molar-refractivity contribution in [1.82, 2.24) is 5.32 Å². The molecule has 0 radical (unpaired) electrons. The van der Waals surface area contributed by atoms with Crippen LogP contribution in [0.2, 0.25) is 0 Å². The molecule has 3 rings (SSSR count). The molecule has 18 heavy (non-hydrogen) atoms. The van der Waals surface area contributed by atoms with Crippen LogP contribution in [0.15, 0.2) is 41.0 Å². The smallest absolute Gasteiger partial charge is 0.134 e. The van der Waals surface area contributed by atoms with Gasteiger partial charge in [0.15, 0.2) is 0 Å². The molecule has 1 unspecified atom stereocenters. The highest BCUT2D eigenvalue weighted by molar-refractivity contribution is 5.91. The minimum Gasteiger partial charge on any atom is -0.464 e. The van der Waals surface area contributed by atoms with Gasteiger partial charge in [0.2, 0.25) is 0 Å². The molecule has 2 aromatic rings. The van der Waals surface area contributed by atoms with Crippen molar-refractivity contribution < 1.29 is 4.42 Å². The molecule has 0 fully saturated rings. The first-order valence-electron chi connectivity index (χ1n) is 6.72. The zero-order valence-corrected chi connectivity index (χ0v) is 11.4. The zero-order chi connectivity index (χ0) is 13.0. The fourth-order valence-electron chi connectivity index (χ4n) is 2.31. The van der Waals surface area contributed by atoms with E-state index >= 15 is 0 Å². The van der Waals surface area contributed by atoms with Gasteiger partial charge in [0.1, 0.15) is 5.58 Å². The lowest BCUT2D eigenvalue weighted by Gasteiger charge is -2.18. The van der Waals surface area contributed by atoms with E-state index in [1.807, 2.05) is 32.2 Å². The van der Waals surface area contributed by atoms with Crippen molar-refractivity contribution in [3.05, 3.63) is 42.2 Å². The summed E-state index contributed by atoms with van der Waals surface area (Å²) in [5.41, 5.74) is 3.55. The predicted octanol–water partition coefficient (Wildman–Crippen LogP) is 4.08. The number of fused-ring (bicyclic) bond motifs is 1. The van der Waals surface area contributed by atoms with Crippen LogP contribution in [0.5, 0.6) is 0 Å². The highest BCUT2D eigenvalue weighted by atomic mass is 16.3. The van der Waals surface area contributed by atoms with Crippen molar-refractivity contribution in [2.24, 2.45) is 5.92 Å². The van der Waals surface area contributed by atoms with Crippen LogP contribution in [0.4, 0.5) is 0 Å². The minimum absolute atomic E-state index is 0.595. The number of furan rings is 1. The fraction of sp³-hybridized carbons (Fsp3) is 0.375. The van der Waals surface area contributed by atoms with Crippen molar-refractivity contribution in [1.29, 1.82) is 0 Å². The van der Waals surface area contributed by atoms with Crippen molar-refractivity contribution in [2.75, 3.05) is 13.1 Å². The maximum atomic E-state index is 5.57. The monoisotopic (exact) mass is 243 g/mol. The Balaban J connectivity index is 0.000000574. The van der Waals surface area contributed by atoms with E-state index in [2.05, 4.69) is 30.4 Å². The summed E-state index contributed by atoms with van der Waals surface area (Å²) in [6.45, 7) is 8.24. The minimum atomic E-state index is 0.595. The lowest BCUT2D eigenvalue weighted by molar-refractivity contribution is 0.601. The van der Waals surface area contributed by atoms with Crippen LogP contribution in [-0.4, -0.2) is 13.1 Å². The number of hydrogen-bond acceptors (Lipinski definition) is 2. The van der Waals surface area contributed by atoms with Crippen LogP contribution in [0.25, 0.3) is 16.5 Å². The van der Waals surface area contributed by atoms with E-state index < -0.39 is 0 Å². The van der Waals surface area contributed by atoms with Crippen molar-refractivity contribution >= 4 is 16.5 Å². The number of para-hydroxylation sites is 1. The Morgan fingerprint density at radius 1 is 1.22 bits per heavy atom. The number of hydrogen-bond donors (Lipinski definition) is 1. The second-order valence-electron chi connectivity index (χ2n) is 4.45. The molecule has 1 aliphatic rings. The van der Waals surface area contributed by atoms with E-state index in [-0.39, 0.29) is 0 Å². The maximum absolute atomic E-state index is 5.57. The Hall–Kier alpha value is -1.54. The van der Waals surface area contributed by atoms with Gasteiger partial charge in [-0.05, 0) is 17.6 Å². The summed E-state index contributed by atoms with van der Waals surface area (Å²) in [4.78, 5) is 0. The molecule has 0 spiro atoms. The van der Waals surface area contributed by atoms with Gasteiger partial charge in [0.05, 0.1) is 6.26 Å². The number of benzene rings is 1. The van der Waals surface area contributed by atoms with Gasteiger partial charge in [-0.1, -0.05) is 45.0 Å². The van der Waals surface area contributed by atoms with Crippen molar-refractivity contribution in [3.8, 4) is 0 Å². The molecule has 0 amide bonds. The van der Waals surface area contributed by atoms with Gasteiger partial charge in [-0.25, -0.2) is 0 Å². The van der Waals surface area contributed by atoms with Crippen LogP contribution >= 0.6 is 0 Å². The molecule has 0 saturated heterocycles. The van der Waals surface area contributed by atoms with Crippen molar-refractivity contribution in [2.45, 2.75) is 20.8 Å². The molecule has 2 heteroatoms. The highest BCUT2D eigenvalue weighted by Gasteiger charge is 2.14. The number of rotatable bonds is 1. The van der Waals surface area contributed by atoms with E-state index in [0.717, 1.165) is 18.7 Å². The van der Waals surface area contributed by atoms with Crippen LogP contribution in [0, 0.1) is 5.92 Å². The van der Waals surface area contributed by atoms with E-state index in [0.29, 0.717) is 5.92 Å². The molecule has 0 bridgehead atoms. The van der Waals surface area contributed by atoms with E-state index in [4.69, 9.17) is 4.42 Å². The molecule has 96 valence electrons. The average Bonchev–Trinajstić information content (AvgIpc) is 2.85. The van der Waals surface area contributed by atoms with Gasteiger partial charge < -0.3 is 9.73 Å². The third kappa shape index (κ3) is 2.49. The summed E-state index contributed by atoms with van der Waals surface area (Å²) in [6.07, 6.45) is 4.21. The van der Waals surface area contributed by atoms with Gasteiger partial charge in [-0.3, -0.25) is 0 Å². The molecule has 1 N–H and O–H groups in total. The Kier molecular flexibility index (Phi) is 4.21. The number of nitrogens with one attached hydrogen (secondary N) is 1. The fourth-order valence-corrected chi connectivity index (χ4v) is 2.31. The first-order chi connectivity index (χ1) is 8.84. The van der Waals surface area contributed by atoms with E-state index in [1.54, 1.807) is 0 Å². The zero-order valence-electron chi connectivity index (χ0n) is 11.4. The molecular formula is C16H21NO. The molecule has 0 aliphatic carbocycles. The standard InChI is InChI=1S/C14H15NO.C2H6/c1-10-6-11(8-15-7-10)13-9-16-14-5-3-2-4-12(13)14;1-2/h2-6,9-10,15H,7-8H2,1H3;1-2H3. The molecule has 2 nitrogen and oxygen atoms in total. The Morgan fingerprint density at radius 2 is 2.00 bits per heavy atom. The third-order valence-electron chi connectivity index (χ3n) is 3.09. The first-order valence-corrected chi connectivity index (χ1v) is 6.72. The highest BCUT2D eigenvalue weighted by Crippen LogP contribution is 2.28. The Bertz CT molecular complexity index is 539. The van der Waals surface area contributed by atoms with Crippen molar-refractivity contribution in [3.63, 3.8) is 0 Å². The lowest BCUT2D eigenvalue weighted by atomic mass is 9.97. The summed E-state index contributed by atoms with van der Waals surface area (Å²) < 4.78 is 5.57. The van der Waals surface area contributed by atoms with Gasteiger partial charge in [-0.2, -0.15) is 0 Å². The summed E-state index contributed by atoms with van der Waals surface area (Å²) >= 11 is 0. The van der Waals surface area contributed by atoms with Crippen LogP contribution in [0.3, 0.4) is 0 Å². The summed E-state index contributed by atoms with van der Waals surface area (Å²) in [7, 11) is 0. The molecule has 2 heterocycles. The quantitative estimate of drug-likeness (QED) is 0.816. The Labute approximate surface area is 109 Å². The van der Waals surface area contributed by atoms with Crippen LogP contribution < -0.4 is 5.32 Å². The second-order valence-corrected chi connectivity index (χ2v) is 4.45. The Morgan fingerprint density at radius 3 is 2.78 bits per heavy atom. The largest absolute Gasteiger partial charge is 0.464 e. The molecule has 0 saturated carbocycles. The molecule has 1 aromatic carbocycles. The summed E-state index contributed by atoms with van der Waals surface area (Å²) in [6, 6.07) is 8.20.